The van der Waals surface area contributed by atoms with Gasteiger partial charge >= 0.3 is 0 Å². The average molecular weight is 274 g/mol. The fraction of sp³-hybridized carbons (Fsp3) is 0.267. The Bertz CT molecular complexity index is 528. The minimum atomic E-state index is 0.0188. The number of methoxy groups -OCH3 is 1. The monoisotopic (exact) mass is 274 g/mol. The van der Waals surface area contributed by atoms with Gasteiger partial charge < -0.3 is 10.5 Å². The van der Waals surface area contributed by atoms with Crippen LogP contribution in [-0.4, -0.2) is 12.1 Å². The highest BCUT2D eigenvalue weighted by molar-refractivity contribution is 7.99. The zero-order chi connectivity index (χ0) is 13.7. The number of nitrogens with zero attached hydrogens (tertiary/aromatic N) is 1. The van der Waals surface area contributed by atoms with Crippen molar-refractivity contribution in [3.63, 3.8) is 0 Å². The van der Waals surface area contributed by atoms with Gasteiger partial charge in [-0.2, -0.15) is 0 Å². The smallest absolute Gasteiger partial charge is 0.132 e. The molecule has 100 valence electrons. The minimum absolute atomic E-state index is 0.0188. The zero-order valence-electron chi connectivity index (χ0n) is 11.2. The molecule has 2 N–H and O–H groups in total. The molecule has 19 heavy (non-hydrogen) atoms. The fourth-order valence-corrected chi connectivity index (χ4v) is 2.60. The van der Waals surface area contributed by atoms with Crippen LogP contribution in [0, 0.1) is 0 Å². The SMILES string of the molecule is CC[C@@H](N)c1ccc(Sc2ccccc2OC)cn1. The van der Waals surface area contributed by atoms with Crippen molar-refractivity contribution < 1.29 is 4.74 Å². The Morgan fingerprint density at radius 1 is 1.26 bits per heavy atom. The second-order valence-corrected chi connectivity index (χ2v) is 5.30. The summed E-state index contributed by atoms with van der Waals surface area (Å²) in [5.41, 5.74) is 6.89. The van der Waals surface area contributed by atoms with E-state index in [9.17, 15) is 0 Å². The molecule has 3 nitrogen and oxygen atoms in total. The van der Waals surface area contributed by atoms with Crippen molar-refractivity contribution >= 4 is 11.8 Å². The highest BCUT2D eigenvalue weighted by Gasteiger charge is 2.07. The Labute approximate surface area is 118 Å². The molecule has 0 saturated heterocycles. The summed E-state index contributed by atoms with van der Waals surface area (Å²) in [5.74, 6) is 0.877. The third-order valence-electron chi connectivity index (χ3n) is 2.88. The molecule has 1 aromatic carbocycles. The predicted molar refractivity (Wildman–Crippen MR) is 78.6 cm³/mol. The highest BCUT2D eigenvalue weighted by atomic mass is 32.2. The number of benzene rings is 1. The van der Waals surface area contributed by atoms with Gasteiger partial charge in [-0.3, -0.25) is 4.98 Å². The van der Waals surface area contributed by atoms with Crippen molar-refractivity contribution in [2.75, 3.05) is 7.11 Å². The van der Waals surface area contributed by atoms with E-state index in [0.29, 0.717) is 0 Å². The number of ether oxygens (including phenoxy) is 1. The molecule has 0 aliphatic rings. The van der Waals surface area contributed by atoms with Gasteiger partial charge in [0.1, 0.15) is 5.75 Å². The maximum atomic E-state index is 5.95. The normalized spacial score (nSPS) is 12.2. The van der Waals surface area contributed by atoms with Crippen molar-refractivity contribution in [2.45, 2.75) is 29.2 Å². The fourth-order valence-electron chi connectivity index (χ4n) is 1.71. The van der Waals surface area contributed by atoms with Crippen LogP contribution in [0.25, 0.3) is 0 Å². The maximum absolute atomic E-state index is 5.95. The van der Waals surface area contributed by atoms with Crippen LogP contribution in [0.4, 0.5) is 0 Å². The molecular weight excluding hydrogens is 256 g/mol. The quantitative estimate of drug-likeness (QED) is 0.904. The summed E-state index contributed by atoms with van der Waals surface area (Å²) in [6.45, 7) is 2.06. The number of para-hydroxylation sites is 1. The summed E-state index contributed by atoms with van der Waals surface area (Å²) in [4.78, 5) is 6.58. The number of pyridine rings is 1. The lowest BCUT2D eigenvalue weighted by Gasteiger charge is -2.10. The van der Waals surface area contributed by atoms with E-state index in [2.05, 4.69) is 18.0 Å². The first kappa shape index (κ1) is 13.9. The van der Waals surface area contributed by atoms with Crippen LogP contribution >= 0.6 is 11.8 Å². The second kappa shape index (κ2) is 6.59. The van der Waals surface area contributed by atoms with Crippen LogP contribution in [0.1, 0.15) is 25.1 Å². The topological polar surface area (TPSA) is 48.1 Å². The van der Waals surface area contributed by atoms with E-state index < -0.39 is 0 Å². The molecule has 0 aliphatic carbocycles. The van der Waals surface area contributed by atoms with Gasteiger partial charge in [0.15, 0.2) is 0 Å². The van der Waals surface area contributed by atoms with Crippen molar-refractivity contribution in [1.29, 1.82) is 0 Å². The van der Waals surface area contributed by atoms with Crippen molar-refractivity contribution in [3.8, 4) is 5.75 Å². The minimum Gasteiger partial charge on any atom is -0.496 e. The van der Waals surface area contributed by atoms with E-state index in [4.69, 9.17) is 10.5 Å². The van der Waals surface area contributed by atoms with E-state index in [1.165, 1.54) is 0 Å². The van der Waals surface area contributed by atoms with Gasteiger partial charge in [-0.05, 0) is 30.7 Å². The molecule has 2 aromatic rings. The van der Waals surface area contributed by atoms with Gasteiger partial charge in [-0.15, -0.1) is 0 Å². The summed E-state index contributed by atoms with van der Waals surface area (Å²) in [7, 11) is 1.68. The van der Waals surface area contributed by atoms with Crippen LogP contribution in [0.5, 0.6) is 5.75 Å². The summed E-state index contributed by atoms with van der Waals surface area (Å²) in [5, 5.41) is 0. The van der Waals surface area contributed by atoms with Crippen LogP contribution < -0.4 is 10.5 Å². The number of hydrogen-bond donors (Lipinski definition) is 1. The molecule has 4 heteroatoms. The second-order valence-electron chi connectivity index (χ2n) is 4.19. The van der Waals surface area contributed by atoms with Gasteiger partial charge in [-0.25, -0.2) is 0 Å². The molecule has 0 amide bonds. The van der Waals surface area contributed by atoms with E-state index in [1.807, 2.05) is 36.5 Å². The van der Waals surface area contributed by atoms with Gasteiger partial charge in [0, 0.05) is 17.1 Å². The van der Waals surface area contributed by atoms with E-state index in [1.54, 1.807) is 18.9 Å². The first-order valence-corrected chi connectivity index (χ1v) is 7.08. The molecule has 2 rings (SSSR count). The molecule has 0 bridgehead atoms. The van der Waals surface area contributed by atoms with E-state index >= 15 is 0 Å². The standard InChI is InChI=1S/C15H18N2OS/c1-3-12(16)13-9-8-11(10-17-13)19-15-7-5-4-6-14(15)18-2/h4-10,12H,3,16H2,1-2H3/t12-/m1/s1. The zero-order valence-corrected chi connectivity index (χ0v) is 12.0. The van der Waals surface area contributed by atoms with E-state index in [-0.39, 0.29) is 6.04 Å². The largest absolute Gasteiger partial charge is 0.496 e. The number of rotatable bonds is 5. The van der Waals surface area contributed by atoms with Crippen LogP contribution in [0.3, 0.4) is 0 Å². The van der Waals surface area contributed by atoms with Crippen molar-refractivity contribution in [3.05, 3.63) is 48.3 Å². The molecule has 0 unspecified atom stereocenters. The summed E-state index contributed by atoms with van der Waals surface area (Å²) in [6.07, 6.45) is 2.76. The Balaban J connectivity index is 2.15. The van der Waals surface area contributed by atoms with Gasteiger partial charge in [0.2, 0.25) is 0 Å². The Morgan fingerprint density at radius 2 is 2.05 bits per heavy atom. The van der Waals surface area contributed by atoms with Crippen LogP contribution in [0.15, 0.2) is 52.4 Å². The molecule has 0 saturated carbocycles. The van der Waals surface area contributed by atoms with Crippen molar-refractivity contribution in [1.82, 2.24) is 4.98 Å². The summed E-state index contributed by atoms with van der Waals surface area (Å²) in [6, 6.07) is 12.0. The number of aromatic nitrogens is 1. The number of hydrogen-bond acceptors (Lipinski definition) is 4. The summed E-state index contributed by atoms with van der Waals surface area (Å²) >= 11 is 1.64. The van der Waals surface area contributed by atoms with Gasteiger partial charge in [-0.1, -0.05) is 30.8 Å². The first-order valence-electron chi connectivity index (χ1n) is 6.27. The van der Waals surface area contributed by atoms with E-state index in [0.717, 1.165) is 27.7 Å². The van der Waals surface area contributed by atoms with Crippen molar-refractivity contribution in [2.24, 2.45) is 5.73 Å². The molecule has 1 heterocycles. The Kier molecular flexibility index (Phi) is 4.82. The molecule has 0 fully saturated rings. The molecule has 1 atom stereocenters. The third-order valence-corrected chi connectivity index (χ3v) is 3.91. The molecule has 0 aliphatic heterocycles. The Hall–Kier alpha value is -1.52. The lowest BCUT2D eigenvalue weighted by molar-refractivity contribution is 0.405. The molecule has 0 spiro atoms. The lowest BCUT2D eigenvalue weighted by Crippen LogP contribution is -2.10. The molecule has 0 radical (unpaired) electrons. The maximum Gasteiger partial charge on any atom is 0.132 e. The first-order chi connectivity index (χ1) is 9.24. The third kappa shape index (κ3) is 3.49. The highest BCUT2D eigenvalue weighted by Crippen LogP contribution is 2.34. The van der Waals surface area contributed by atoms with Crippen LogP contribution in [-0.2, 0) is 0 Å². The predicted octanol–water partition coefficient (Wildman–Crippen LogP) is 3.65. The van der Waals surface area contributed by atoms with Gasteiger partial charge in [0.25, 0.3) is 0 Å². The van der Waals surface area contributed by atoms with Crippen LogP contribution in [0.2, 0.25) is 0 Å². The average Bonchev–Trinajstić information content (AvgIpc) is 2.48. The summed E-state index contributed by atoms with van der Waals surface area (Å²) < 4.78 is 5.34. The Morgan fingerprint density at radius 3 is 2.68 bits per heavy atom. The number of nitrogens with two attached hydrogens (primary N) is 1. The van der Waals surface area contributed by atoms with Gasteiger partial charge in [0.05, 0.1) is 17.7 Å². The molecule has 1 aromatic heterocycles. The lowest BCUT2D eigenvalue weighted by atomic mass is 10.1. The molecular formula is C15H18N2OS.